The van der Waals surface area contributed by atoms with E-state index < -0.39 is 37.1 Å². The maximum atomic E-state index is 9.96. The van der Waals surface area contributed by atoms with Gasteiger partial charge >= 0.3 is 0 Å². The van der Waals surface area contributed by atoms with Crippen molar-refractivity contribution in [3.63, 3.8) is 0 Å². The van der Waals surface area contributed by atoms with Crippen LogP contribution in [0.25, 0.3) is 0 Å². The van der Waals surface area contributed by atoms with Crippen LogP contribution in [0.15, 0.2) is 18.2 Å². The lowest BCUT2D eigenvalue weighted by Crippen LogP contribution is -2.58. The van der Waals surface area contributed by atoms with Gasteiger partial charge in [-0.1, -0.05) is 25.3 Å². The van der Waals surface area contributed by atoms with Gasteiger partial charge in [0.25, 0.3) is 0 Å². The topological polar surface area (TPSA) is 131 Å². The minimum Gasteiger partial charge on any atom is -0.508 e. The number of aliphatic hydroxyl groups excluding tert-OH is 4. The van der Waals surface area contributed by atoms with Gasteiger partial charge in [0.2, 0.25) is 0 Å². The van der Waals surface area contributed by atoms with Gasteiger partial charge in [0.05, 0.1) is 12.7 Å². The molecule has 2 rings (SSSR count). The summed E-state index contributed by atoms with van der Waals surface area (Å²) in [5.74, 6) is 0.141. The first kappa shape index (κ1) is 19.9. The third kappa shape index (κ3) is 5.29. The standard InChI is InChI=1S/C18H28O7/c19-10-15-17(23)18(24)16(22)14(25-15)6-4-2-1-3-5-11-7-8-12(20)9-13(11)21/h7-9,14-24H,1-6,10H2/t14-,15+,16-,17+,18+/m0/s1. The molecule has 1 heterocycles. The summed E-state index contributed by atoms with van der Waals surface area (Å²) in [5, 5.41) is 57.6. The molecule has 7 heteroatoms. The smallest absolute Gasteiger partial charge is 0.122 e. The minimum absolute atomic E-state index is 0.0424. The molecular formula is C18H28O7. The number of aliphatic hydroxyl groups is 4. The Kier molecular flexibility index (Phi) is 7.46. The summed E-state index contributed by atoms with van der Waals surface area (Å²) in [4.78, 5) is 0. The largest absolute Gasteiger partial charge is 0.508 e. The quantitative estimate of drug-likeness (QED) is 0.373. The molecule has 1 aliphatic rings. The summed E-state index contributed by atoms with van der Waals surface area (Å²) in [6.07, 6.45) is -0.493. The van der Waals surface area contributed by atoms with Gasteiger partial charge in [0, 0.05) is 6.07 Å². The molecule has 0 saturated carbocycles. The Hall–Kier alpha value is -1.38. The van der Waals surface area contributed by atoms with Crippen molar-refractivity contribution in [2.75, 3.05) is 6.61 Å². The lowest BCUT2D eigenvalue weighted by molar-refractivity contribution is -0.230. The van der Waals surface area contributed by atoms with Crippen molar-refractivity contribution in [1.82, 2.24) is 0 Å². The van der Waals surface area contributed by atoms with Gasteiger partial charge in [-0.3, -0.25) is 0 Å². The molecule has 0 unspecified atom stereocenters. The fourth-order valence-corrected chi connectivity index (χ4v) is 3.20. The third-order valence-electron chi connectivity index (χ3n) is 4.74. The van der Waals surface area contributed by atoms with Crippen molar-refractivity contribution in [3.8, 4) is 11.5 Å². The van der Waals surface area contributed by atoms with E-state index in [2.05, 4.69) is 0 Å². The Labute approximate surface area is 147 Å². The van der Waals surface area contributed by atoms with E-state index in [0.29, 0.717) is 12.8 Å². The molecule has 1 fully saturated rings. The molecule has 0 aromatic heterocycles. The fourth-order valence-electron chi connectivity index (χ4n) is 3.20. The predicted molar refractivity (Wildman–Crippen MR) is 90.3 cm³/mol. The van der Waals surface area contributed by atoms with Crippen molar-refractivity contribution >= 4 is 0 Å². The van der Waals surface area contributed by atoms with Crippen LogP contribution in [0, 0.1) is 0 Å². The van der Waals surface area contributed by atoms with E-state index in [1.807, 2.05) is 0 Å². The molecule has 6 N–H and O–H groups in total. The van der Waals surface area contributed by atoms with Crippen LogP contribution in [0.5, 0.6) is 11.5 Å². The van der Waals surface area contributed by atoms with Crippen LogP contribution in [0.3, 0.4) is 0 Å². The summed E-state index contributed by atoms with van der Waals surface area (Å²) < 4.78 is 5.47. The Morgan fingerprint density at radius 2 is 1.52 bits per heavy atom. The molecule has 1 aromatic rings. The number of hydrogen-bond acceptors (Lipinski definition) is 7. The average molecular weight is 356 g/mol. The monoisotopic (exact) mass is 356 g/mol. The molecule has 0 spiro atoms. The summed E-state index contributed by atoms with van der Waals surface area (Å²) in [6, 6.07) is 4.58. The number of benzene rings is 1. The first-order valence-electron chi connectivity index (χ1n) is 8.75. The molecule has 25 heavy (non-hydrogen) atoms. The van der Waals surface area contributed by atoms with Gasteiger partial charge in [0.15, 0.2) is 0 Å². The van der Waals surface area contributed by atoms with Crippen LogP contribution in [0.4, 0.5) is 0 Å². The van der Waals surface area contributed by atoms with Gasteiger partial charge < -0.3 is 35.4 Å². The predicted octanol–water partition coefficient (Wildman–Crippen LogP) is 0.433. The summed E-state index contributed by atoms with van der Waals surface area (Å²) in [7, 11) is 0. The highest BCUT2D eigenvalue weighted by Crippen LogP contribution is 2.26. The van der Waals surface area contributed by atoms with E-state index in [1.165, 1.54) is 6.07 Å². The number of ether oxygens (including phenoxy) is 1. The van der Waals surface area contributed by atoms with Gasteiger partial charge in [-0.05, 0) is 30.9 Å². The Morgan fingerprint density at radius 1 is 0.840 bits per heavy atom. The number of phenolic OH excluding ortho intramolecular Hbond substituents is 2. The zero-order chi connectivity index (χ0) is 18.4. The van der Waals surface area contributed by atoms with Crippen LogP contribution in [-0.2, 0) is 11.2 Å². The number of phenols is 2. The molecule has 1 aromatic carbocycles. The van der Waals surface area contributed by atoms with Crippen LogP contribution in [0.2, 0.25) is 0 Å². The number of unbranched alkanes of at least 4 members (excludes halogenated alkanes) is 3. The van der Waals surface area contributed by atoms with E-state index in [4.69, 9.17) is 9.84 Å². The molecule has 0 aliphatic carbocycles. The normalized spacial score (nSPS) is 29.7. The second-order valence-corrected chi connectivity index (χ2v) is 6.63. The number of rotatable bonds is 8. The fraction of sp³-hybridized carbons (Fsp3) is 0.667. The van der Waals surface area contributed by atoms with E-state index in [0.717, 1.165) is 31.2 Å². The number of aryl methyl sites for hydroxylation is 1. The second kappa shape index (κ2) is 9.35. The highest BCUT2D eigenvalue weighted by Gasteiger charge is 2.42. The zero-order valence-corrected chi connectivity index (χ0v) is 14.2. The molecule has 1 saturated heterocycles. The van der Waals surface area contributed by atoms with Gasteiger partial charge in [0.1, 0.15) is 35.9 Å². The van der Waals surface area contributed by atoms with Crippen molar-refractivity contribution in [1.29, 1.82) is 0 Å². The highest BCUT2D eigenvalue weighted by atomic mass is 16.5. The molecule has 142 valence electrons. The first-order valence-corrected chi connectivity index (χ1v) is 8.75. The SMILES string of the molecule is OC[C@H]1O[C@@H](CCCCCCc2ccc(O)cc2O)[C@H](O)[C@@H](O)[C@@H]1O. The van der Waals surface area contributed by atoms with Crippen molar-refractivity contribution in [3.05, 3.63) is 23.8 Å². The summed E-state index contributed by atoms with van der Waals surface area (Å²) in [6.45, 7) is -0.405. The lowest BCUT2D eigenvalue weighted by atomic mass is 9.92. The molecule has 0 radical (unpaired) electrons. The van der Waals surface area contributed by atoms with E-state index in [1.54, 1.807) is 12.1 Å². The Balaban J connectivity index is 1.67. The molecule has 5 atom stereocenters. The summed E-state index contributed by atoms with van der Waals surface area (Å²) in [5.41, 5.74) is 0.798. The van der Waals surface area contributed by atoms with E-state index in [9.17, 15) is 25.5 Å². The maximum absolute atomic E-state index is 9.96. The average Bonchev–Trinajstić information content (AvgIpc) is 2.59. The lowest BCUT2D eigenvalue weighted by Gasteiger charge is -2.40. The van der Waals surface area contributed by atoms with Crippen molar-refractivity contribution in [2.45, 2.75) is 69.0 Å². The van der Waals surface area contributed by atoms with Crippen LogP contribution in [-0.4, -0.2) is 67.8 Å². The number of hydrogen-bond donors (Lipinski definition) is 6. The number of aromatic hydroxyl groups is 2. The minimum atomic E-state index is -1.31. The van der Waals surface area contributed by atoms with E-state index >= 15 is 0 Å². The van der Waals surface area contributed by atoms with Crippen LogP contribution in [0.1, 0.15) is 37.7 Å². The van der Waals surface area contributed by atoms with Gasteiger partial charge in [-0.25, -0.2) is 0 Å². The molecule has 7 nitrogen and oxygen atoms in total. The Morgan fingerprint density at radius 3 is 2.20 bits per heavy atom. The molecule has 0 bridgehead atoms. The van der Waals surface area contributed by atoms with Crippen LogP contribution < -0.4 is 0 Å². The van der Waals surface area contributed by atoms with Crippen LogP contribution >= 0.6 is 0 Å². The highest BCUT2D eigenvalue weighted by molar-refractivity contribution is 5.38. The Bertz CT molecular complexity index is 534. The summed E-state index contributed by atoms with van der Waals surface area (Å²) >= 11 is 0. The molecular weight excluding hydrogens is 328 g/mol. The van der Waals surface area contributed by atoms with Gasteiger partial charge in [-0.2, -0.15) is 0 Å². The zero-order valence-electron chi connectivity index (χ0n) is 14.2. The molecule has 1 aliphatic heterocycles. The first-order chi connectivity index (χ1) is 11.9. The van der Waals surface area contributed by atoms with Crippen molar-refractivity contribution < 1.29 is 35.4 Å². The molecule has 0 amide bonds. The van der Waals surface area contributed by atoms with Gasteiger partial charge in [-0.15, -0.1) is 0 Å². The van der Waals surface area contributed by atoms with Crippen molar-refractivity contribution in [2.24, 2.45) is 0 Å². The second-order valence-electron chi connectivity index (χ2n) is 6.63. The van der Waals surface area contributed by atoms with E-state index in [-0.39, 0.29) is 11.5 Å². The maximum Gasteiger partial charge on any atom is 0.122 e. The third-order valence-corrected chi connectivity index (χ3v) is 4.74.